The molecule has 1 aliphatic carbocycles. The molecule has 0 unspecified atom stereocenters. The zero-order chi connectivity index (χ0) is 19.7. The Labute approximate surface area is 171 Å². The van der Waals surface area contributed by atoms with Crippen LogP contribution >= 0.6 is 22.9 Å². The van der Waals surface area contributed by atoms with Crippen LogP contribution in [0.15, 0.2) is 40.8 Å². The second-order valence-corrected chi connectivity index (χ2v) is 8.68. The third-order valence-corrected chi connectivity index (χ3v) is 6.41. The molecular weight excluding hydrogens is 396 g/mol. The van der Waals surface area contributed by atoms with E-state index in [1.807, 2.05) is 17.5 Å². The largest absolute Gasteiger partial charge is 0.461 e. The molecule has 0 amide bonds. The Morgan fingerprint density at radius 3 is 2.68 bits per heavy atom. The predicted octanol–water partition coefficient (Wildman–Crippen LogP) is 4.90. The summed E-state index contributed by atoms with van der Waals surface area (Å²) in [4.78, 5) is 30.4. The number of hydrogen-bond acceptors (Lipinski definition) is 5. The van der Waals surface area contributed by atoms with Crippen LogP contribution in [0.5, 0.6) is 0 Å². The summed E-state index contributed by atoms with van der Waals surface area (Å²) in [5.74, 6) is 0.306. The van der Waals surface area contributed by atoms with Crippen molar-refractivity contribution in [1.29, 1.82) is 0 Å². The number of carbonyl (C=O) groups excluding carboxylic acids is 1. The minimum absolute atomic E-state index is 0.0399. The number of benzene rings is 1. The van der Waals surface area contributed by atoms with Crippen molar-refractivity contribution in [3.63, 3.8) is 0 Å². The maximum Gasteiger partial charge on any atom is 0.326 e. The Morgan fingerprint density at radius 2 is 1.96 bits per heavy atom. The van der Waals surface area contributed by atoms with Crippen LogP contribution in [0, 0.1) is 5.92 Å². The van der Waals surface area contributed by atoms with E-state index in [2.05, 4.69) is 11.9 Å². The zero-order valence-corrected chi connectivity index (χ0v) is 17.1. The van der Waals surface area contributed by atoms with E-state index >= 15 is 0 Å². The van der Waals surface area contributed by atoms with Gasteiger partial charge in [0.1, 0.15) is 17.5 Å². The van der Waals surface area contributed by atoms with Gasteiger partial charge in [-0.15, -0.1) is 11.3 Å². The molecule has 1 aliphatic rings. The first-order chi connectivity index (χ1) is 13.5. The molecular formula is C21H21ClN2O3S. The third-order valence-electron chi connectivity index (χ3n) is 5.28. The summed E-state index contributed by atoms with van der Waals surface area (Å²) in [6, 6.07) is 7.33. The van der Waals surface area contributed by atoms with Gasteiger partial charge in [-0.25, -0.2) is 4.98 Å². The van der Waals surface area contributed by atoms with E-state index in [9.17, 15) is 9.59 Å². The molecule has 4 rings (SSSR count). The highest BCUT2D eigenvalue weighted by molar-refractivity contribution is 7.17. The molecule has 0 bridgehead atoms. The fourth-order valence-corrected chi connectivity index (χ4v) is 4.66. The number of rotatable bonds is 4. The van der Waals surface area contributed by atoms with Crippen molar-refractivity contribution in [3.05, 3.63) is 51.3 Å². The Morgan fingerprint density at radius 1 is 1.25 bits per heavy atom. The average Bonchev–Trinajstić information content (AvgIpc) is 3.11. The van der Waals surface area contributed by atoms with Crippen LogP contribution in [-0.2, 0) is 16.1 Å². The zero-order valence-electron chi connectivity index (χ0n) is 15.6. The number of halogens is 1. The summed E-state index contributed by atoms with van der Waals surface area (Å²) in [5, 5.41) is 3.07. The van der Waals surface area contributed by atoms with Crippen molar-refractivity contribution in [2.24, 2.45) is 5.92 Å². The quantitative estimate of drug-likeness (QED) is 0.567. The first kappa shape index (κ1) is 19.2. The van der Waals surface area contributed by atoms with Crippen LogP contribution in [0.3, 0.4) is 0 Å². The lowest BCUT2D eigenvalue weighted by molar-refractivity contribution is -0.151. The fraction of sp³-hybridized carbons (Fsp3) is 0.381. The van der Waals surface area contributed by atoms with Crippen molar-refractivity contribution in [3.8, 4) is 11.1 Å². The number of fused-ring (bicyclic) bond motifs is 1. The molecule has 0 N–H and O–H groups in total. The molecule has 2 heterocycles. The molecule has 7 heteroatoms. The maximum absolute atomic E-state index is 13.0. The second kappa shape index (κ2) is 8.05. The minimum atomic E-state index is -0.383. The summed E-state index contributed by atoms with van der Waals surface area (Å²) >= 11 is 7.38. The average molecular weight is 417 g/mol. The van der Waals surface area contributed by atoms with E-state index in [0.29, 0.717) is 21.2 Å². The fourth-order valence-electron chi connectivity index (χ4n) is 3.63. The number of carbonyl (C=O) groups is 1. The number of esters is 1. The number of hydrogen-bond donors (Lipinski definition) is 0. The molecule has 5 nitrogen and oxygen atoms in total. The highest BCUT2D eigenvalue weighted by Crippen LogP contribution is 2.31. The molecule has 146 valence electrons. The van der Waals surface area contributed by atoms with Gasteiger partial charge >= 0.3 is 5.97 Å². The SMILES string of the molecule is CC1CCC(OC(=O)Cn2cnc3scc(-c4ccc(Cl)cc4)c3c2=O)CC1. The van der Waals surface area contributed by atoms with Crippen LogP contribution in [0.1, 0.15) is 32.6 Å². The molecule has 1 fully saturated rings. The molecule has 0 radical (unpaired) electrons. The van der Waals surface area contributed by atoms with Crippen LogP contribution in [0.2, 0.25) is 5.02 Å². The summed E-state index contributed by atoms with van der Waals surface area (Å²) in [6.45, 7) is 2.10. The topological polar surface area (TPSA) is 61.2 Å². The Hall–Kier alpha value is -2.18. The van der Waals surface area contributed by atoms with E-state index in [1.165, 1.54) is 22.2 Å². The van der Waals surface area contributed by atoms with Gasteiger partial charge in [0.05, 0.1) is 11.7 Å². The van der Waals surface area contributed by atoms with E-state index in [4.69, 9.17) is 16.3 Å². The van der Waals surface area contributed by atoms with Gasteiger partial charge in [-0.1, -0.05) is 30.7 Å². The monoisotopic (exact) mass is 416 g/mol. The van der Waals surface area contributed by atoms with Crippen molar-refractivity contribution in [2.75, 3.05) is 0 Å². The normalized spacial score (nSPS) is 19.6. The van der Waals surface area contributed by atoms with Crippen LogP contribution in [0.4, 0.5) is 0 Å². The van der Waals surface area contributed by atoms with Gasteiger partial charge in [-0.05, 0) is 49.3 Å². The lowest BCUT2D eigenvalue weighted by Gasteiger charge is -2.26. The highest BCUT2D eigenvalue weighted by Gasteiger charge is 2.22. The van der Waals surface area contributed by atoms with Gasteiger partial charge in [0, 0.05) is 16.0 Å². The second-order valence-electron chi connectivity index (χ2n) is 7.39. The van der Waals surface area contributed by atoms with Gasteiger partial charge in [-0.2, -0.15) is 0 Å². The minimum Gasteiger partial charge on any atom is -0.461 e. The van der Waals surface area contributed by atoms with Gasteiger partial charge in [0.2, 0.25) is 0 Å². The molecule has 28 heavy (non-hydrogen) atoms. The first-order valence-corrected chi connectivity index (χ1v) is 10.7. The Bertz CT molecular complexity index is 1050. The molecule has 1 aromatic carbocycles. The smallest absolute Gasteiger partial charge is 0.326 e. The summed E-state index contributed by atoms with van der Waals surface area (Å²) in [7, 11) is 0. The highest BCUT2D eigenvalue weighted by atomic mass is 35.5. The van der Waals surface area contributed by atoms with Gasteiger partial charge < -0.3 is 4.74 Å². The lowest BCUT2D eigenvalue weighted by Crippen LogP contribution is -2.29. The standard InChI is InChI=1S/C21H21ClN2O3S/c1-13-2-8-16(9-3-13)27-18(25)10-24-12-23-20-19(21(24)26)17(11-28-20)14-4-6-15(22)7-5-14/h4-7,11-13,16H,2-3,8-10H2,1H3. The molecule has 0 spiro atoms. The van der Waals surface area contributed by atoms with Gasteiger partial charge in [-0.3, -0.25) is 14.2 Å². The maximum atomic E-state index is 13.0. The van der Waals surface area contributed by atoms with Gasteiger partial charge in [0.15, 0.2) is 0 Å². The molecule has 0 saturated heterocycles. The van der Waals surface area contributed by atoms with Crippen molar-refractivity contribution in [2.45, 2.75) is 45.3 Å². The van der Waals surface area contributed by atoms with Crippen molar-refractivity contribution < 1.29 is 9.53 Å². The molecule has 2 aromatic heterocycles. The predicted molar refractivity (Wildman–Crippen MR) is 112 cm³/mol. The molecule has 1 saturated carbocycles. The molecule has 0 atom stereocenters. The number of ether oxygens (including phenoxy) is 1. The van der Waals surface area contributed by atoms with E-state index in [0.717, 1.165) is 36.8 Å². The Kier molecular flexibility index (Phi) is 5.51. The molecule has 0 aliphatic heterocycles. The summed E-state index contributed by atoms with van der Waals surface area (Å²) < 4.78 is 6.92. The number of thiophene rings is 1. The Balaban J connectivity index is 1.57. The van der Waals surface area contributed by atoms with E-state index in [1.54, 1.807) is 12.1 Å². The first-order valence-electron chi connectivity index (χ1n) is 9.43. The number of aromatic nitrogens is 2. The van der Waals surface area contributed by atoms with Crippen LogP contribution in [-0.4, -0.2) is 21.6 Å². The summed E-state index contributed by atoms with van der Waals surface area (Å²) in [5.41, 5.74) is 1.47. The number of nitrogens with zero attached hydrogens (tertiary/aromatic N) is 2. The van der Waals surface area contributed by atoms with Crippen molar-refractivity contribution in [1.82, 2.24) is 9.55 Å². The summed E-state index contributed by atoms with van der Waals surface area (Å²) in [6.07, 6.45) is 5.32. The van der Waals surface area contributed by atoms with E-state index in [-0.39, 0.29) is 24.2 Å². The van der Waals surface area contributed by atoms with Crippen LogP contribution in [0.25, 0.3) is 21.3 Å². The third kappa shape index (κ3) is 3.98. The molecule has 3 aromatic rings. The lowest BCUT2D eigenvalue weighted by atomic mass is 9.89. The van der Waals surface area contributed by atoms with Crippen molar-refractivity contribution >= 4 is 39.1 Å². The van der Waals surface area contributed by atoms with E-state index < -0.39 is 0 Å². The van der Waals surface area contributed by atoms with Crippen LogP contribution < -0.4 is 5.56 Å². The van der Waals surface area contributed by atoms with Gasteiger partial charge in [0.25, 0.3) is 5.56 Å².